The molecule has 8 aliphatic rings. The number of methoxy groups -OCH3 is 4. The van der Waals surface area contributed by atoms with Gasteiger partial charge in [-0.3, -0.25) is 28.4 Å². The zero-order valence-corrected chi connectivity index (χ0v) is 67.7. The van der Waals surface area contributed by atoms with Crippen LogP contribution in [0.3, 0.4) is 0 Å². The van der Waals surface area contributed by atoms with Gasteiger partial charge in [0.2, 0.25) is 0 Å². The highest BCUT2D eigenvalue weighted by Gasteiger charge is 2.43. The second-order valence-corrected chi connectivity index (χ2v) is 34.0. The summed E-state index contributed by atoms with van der Waals surface area (Å²) in [6, 6.07) is 18.1. The Kier molecular flexibility index (Phi) is 33.0. The molecule has 4 aromatic carbocycles. The van der Waals surface area contributed by atoms with E-state index in [0.717, 1.165) is 195 Å². The maximum absolute atomic E-state index is 12.3. The molecule has 0 spiro atoms. The number of benzene rings is 4. The molecule has 12 unspecified atom stereocenters. The Balaban J connectivity index is 0.000000164. The molecule has 12 rings (SSSR count). The predicted octanol–water partition coefficient (Wildman–Crippen LogP) is 16.6. The predicted molar refractivity (Wildman–Crippen MR) is 420 cm³/mol. The van der Waals surface area contributed by atoms with Gasteiger partial charge in [0, 0.05) is 76.5 Å². The van der Waals surface area contributed by atoms with E-state index in [1.807, 2.05) is 0 Å². The van der Waals surface area contributed by atoms with Crippen molar-refractivity contribution in [3.8, 4) is 46.0 Å². The first-order chi connectivity index (χ1) is 51.0. The van der Waals surface area contributed by atoms with E-state index in [0.29, 0.717) is 111 Å². The molecule has 0 radical (unpaired) electrons. The Morgan fingerprint density at radius 2 is 0.613 bits per heavy atom. The van der Waals surface area contributed by atoms with Crippen LogP contribution in [0.15, 0.2) is 48.5 Å². The van der Waals surface area contributed by atoms with Crippen molar-refractivity contribution in [2.45, 2.75) is 240 Å². The van der Waals surface area contributed by atoms with Gasteiger partial charge in [-0.05, 0) is 262 Å². The zero-order valence-electron chi connectivity index (χ0n) is 67.7. The maximum atomic E-state index is 12.3. The molecule has 0 saturated carbocycles. The van der Waals surface area contributed by atoms with Crippen molar-refractivity contribution < 1.29 is 67.1 Å². The molecule has 12 atom stereocenters. The minimum atomic E-state index is -0.303. The lowest BCUT2D eigenvalue weighted by Gasteiger charge is -2.46. The van der Waals surface area contributed by atoms with Gasteiger partial charge >= 0.3 is 0 Å². The molecule has 4 aromatic rings. The van der Waals surface area contributed by atoms with Crippen molar-refractivity contribution in [2.24, 2.45) is 53.3 Å². The molecular weight excluding hydrogens is 1340 g/mol. The van der Waals surface area contributed by atoms with E-state index < -0.39 is 0 Å². The second kappa shape index (κ2) is 41.2. The van der Waals surface area contributed by atoms with Crippen LogP contribution in [0.4, 0.5) is 8.78 Å². The third-order valence-electron chi connectivity index (χ3n) is 23.4. The standard InChI is InChI=1S/C23H36FNO3.C22H34FNO3.C22H35NO3.C21H33NO3/c1-16(2)11-18-15-25-9-7-17-12-23(28-10-6-4-5-8-24)22(27-3)13-19(17)20(25)14-21(18)26;1-15(2)10-17-14-24-8-6-16-11-22(27-9-5-4-7-23)21(26-3)12-18(16)19(24)13-20(17)25;1-14(2)8-17-12-23-7-6-16-9-22(26-13-15(3)4)21(25-5)10-18(16)19(23)11-20(17)24;1-5-8-25-21-10-15-6-7-22-13-16(9-14(2)3)19(23)12-18(22)17(15)11-20(21)24-4/h12-13,16,18,20-21,26H,4-11,14-15H2,1-3H3;11-12,15,17,19-20,25H,4-10,13-14H2,1-3H3;9-10,14-15,17,19-20,24H,6-8,11-13H2,1-5H3;10-11,14,16,18-19,23H,5-9,12-13H2,1-4H3. The summed E-state index contributed by atoms with van der Waals surface area (Å²) in [5.41, 5.74) is 10.4. The van der Waals surface area contributed by atoms with Gasteiger partial charge in [0.05, 0.1) is 92.6 Å². The van der Waals surface area contributed by atoms with Crippen LogP contribution < -0.4 is 37.9 Å². The van der Waals surface area contributed by atoms with E-state index in [2.05, 4.69) is 144 Å². The summed E-state index contributed by atoms with van der Waals surface area (Å²) in [5.74, 6) is 10.8. The molecule has 0 bridgehead atoms. The highest BCUT2D eigenvalue weighted by atomic mass is 19.1. The summed E-state index contributed by atoms with van der Waals surface area (Å²) >= 11 is 0. The van der Waals surface area contributed by atoms with E-state index in [-0.39, 0.29) is 49.8 Å². The minimum absolute atomic E-state index is 0.211. The number of hydrogen-bond donors (Lipinski definition) is 4. The average molecular weight is 1480 g/mol. The summed E-state index contributed by atoms with van der Waals surface area (Å²) in [6.45, 7) is 34.3. The molecule has 8 heterocycles. The lowest BCUT2D eigenvalue weighted by atomic mass is 9.79. The first kappa shape index (κ1) is 84.8. The molecule has 0 aromatic heterocycles. The van der Waals surface area contributed by atoms with E-state index in [1.54, 1.807) is 28.4 Å². The second-order valence-electron chi connectivity index (χ2n) is 34.0. The number of fused-ring (bicyclic) bond motifs is 12. The Bertz CT molecular complexity index is 3320. The van der Waals surface area contributed by atoms with Crippen LogP contribution in [0.2, 0.25) is 0 Å². The molecule has 16 nitrogen and oxygen atoms in total. The molecule has 18 heteroatoms. The molecule has 596 valence electrons. The minimum Gasteiger partial charge on any atom is -0.493 e. The van der Waals surface area contributed by atoms with Crippen molar-refractivity contribution in [3.05, 3.63) is 93.0 Å². The van der Waals surface area contributed by atoms with E-state index in [1.165, 1.54) is 44.5 Å². The fourth-order valence-electron chi connectivity index (χ4n) is 18.2. The Labute approximate surface area is 636 Å². The quantitative estimate of drug-likeness (QED) is 0.0379. The van der Waals surface area contributed by atoms with Gasteiger partial charge in [-0.2, -0.15) is 0 Å². The van der Waals surface area contributed by atoms with E-state index >= 15 is 0 Å². The van der Waals surface area contributed by atoms with Crippen LogP contribution in [0, 0.1) is 53.3 Å². The summed E-state index contributed by atoms with van der Waals surface area (Å²) in [6.07, 6.45) is 15.2. The number of hydrogen-bond acceptors (Lipinski definition) is 16. The first-order valence-electron chi connectivity index (χ1n) is 41.1. The Morgan fingerprint density at radius 1 is 0.349 bits per heavy atom. The lowest BCUT2D eigenvalue weighted by Crippen LogP contribution is -2.48. The third kappa shape index (κ3) is 22.5. The molecule has 4 saturated heterocycles. The molecule has 8 aliphatic heterocycles. The topological polar surface area (TPSA) is 168 Å². The van der Waals surface area contributed by atoms with Crippen LogP contribution in [0.5, 0.6) is 46.0 Å². The van der Waals surface area contributed by atoms with Crippen molar-refractivity contribution in [3.63, 3.8) is 0 Å². The van der Waals surface area contributed by atoms with Gasteiger partial charge in [0.15, 0.2) is 46.0 Å². The largest absolute Gasteiger partial charge is 0.493 e. The summed E-state index contributed by atoms with van der Waals surface area (Å²) in [7, 11) is 6.74. The van der Waals surface area contributed by atoms with Gasteiger partial charge < -0.3 is 58.3 Å². The monoisotopic (exact) mass is 1480 g/mol. The highest BCUT2D eigenvalue weighted by molar-refractivity contribution is 5.53. The molecular formula is C88H138F2N4O12. The summed E-state index contributed by atoms with van der Waals surface area (Å²) in [5, 5.41) is 42.9. The molecule has 4 N–H and O–H groups in total. The van der Waals surface area contributed by atoms with E-state index in [9.17, 15) is 29.2 Å². The van der Waals surface area contributed by atoms with Crippen LogP contribution in [-0.4, -0.2) is 185 Å². The first-order valence-corrected chi connectivity index (χ1v) is 41.1. The van der Waals surface area contributed by atoms with Crippen molar-refractivity contribution in [1.82, 2.24) is 19.6 Å². The fourth-order valence-corrected chi connectivity index (χ4v) is 18.2. The molecule has 106 heavy (non-hydrogen) atoms. The Morgan fingerprint density at radius 3 is 0.868 bits per heavy atom. The van der Waals surface area contributed by atoms with Crippen LogP contribution in [-0.2, 0) is 25.7 Å². The summed E-state index contributed by atoms with van der Waals surface area (Å²) in [4.78, 5) is 10.2. The molecule has 0 aliphatic carbocycles. The number of ether oxygens (including phenoxy) is 8. The van der Waals surface area contributed by atoms with Crippen molar-refractivity contribution in [1.29, 1.82) is 0 Å². The van der Waals surface area contributed by atoms with Crippen molar-refractivity contribution in [2.75, 3.05) is 121 Å². The number of halogens is 2. The van der Waals surface area contributed by atoms with Gasteiger partial charge in [-0.25, -0.2) is 0 Å². The number of nitrogens with zero attached hydrogens (tertiary/aromatic N) is 4. The normalized spacial score (nSPS) is 25.5. The van der Waals surface area contributed by atoms with E-state index in [4.69, 9.17) is 37.9 Å². The number of alkyl halides is 2. The van der Waals surface area contributed by atoms with Crippen LogP contribution in [0.25, 0.3) is 0 Å². The van der Waals surface area contributed by atoms with Gasteiger partial charge in [-0.15, -0.1) is 0 Å². The third-order valence-corrected chi connectivity index (χ3v) is 23.4. The average Bonchev–Trinajstić information content (AvgIpc) is 0.783. The van der Waals surface area contributed by atoms with Gasteiger partial charge in [-0.1, -0.05) is 76.2 Å². The van der Waals surface area contributed by atoms with Crippen molar-refractivity contribution >= 4 is 0 Å². The molecule has 4 fully saturated rings. The lowest BCUT2D eigenvalue weighted by molar-refractivity contribution is -0.0193. The number of aliphatic hydroxyl groups is 4. The highest BCUT2D eigenvalue weighted by Crippen LogP contribution is 2.49. The Hall–Kier alpha value is -5.18. The summed E-state index contributed by atoms with van der Waals surface area (Å²) < 4.78 is 70.5. The van der Waals surface area contributed by atoms with Crippen LogP contribution in [0.1, 0.15) is 235 Å². The van der Waals surface area contributed by atoms with Gasteiger partial charge in [0.1, 0.15) is 0 Å². The smallest absolute Gasteiger partial charge is 0.161 e. The number of piperidine rings is 4. The maximum Gasteiger partial charge on any atom is 0.161 e. The van der Waals surface area contributed by atoms with Crippen LogP contribution >= 0.6 is 0 Å². The number of unbranched alkanes of at least 4 members (excludes halogenated alkanes) is 3. The SMILES string of the molecule is CCCOc1cc2c(cc1OC)C1CC(O)C(CC(C)C)CN1CC2.COc1cc2c(cc1OCC(C)C)CCN1CC(CC(C)C)C(O)CC21.COc1cc2c(cc1OCCCCCF)CCN1CC(CC(C)C)C(O)CC21.COc1cc2c(cc1OCCCCF)CCN1CC(CC(C)C)C(O)CC21. The zero-order chi connectivity index (χ0) is 76.3. The number of rotatable bonds is 29. The van der Waals surface area contributed by atoms with Gasteiger partial charge in [0.25, 0.3) is 0 Å². The fraction of sp³-hybridized carbons (Fsp3) is 0.727. The number of aliphatic hydroxyl groups excluding tert-OH is 4. The molecule has 0 amide bonds.